The van der Waals surface area contributed by atoms with Crippen molar-refractivity contribution in [2.75, 3.05) is 11.4 Å². The highest BCUT2D eigenvalue weighted by Gasteiger charge is 2.36. The second kappa shape index (κ2) is 6.55. The number of alkyl halides is 2. The average Bonchev–Trinajstić information content (AvgIpc) is 2.49. The van der Waals surface area contributed by atoms with Crippen LogP contribution in [0.5, 0.6) is 5.75 Å². The highest BCUT2D eigenvalue weighted by molar-refractivity contribution is 5.52. The second-order valence-electron chi connectivity index (χ2n) is 6.30. The molecular formula is C16H20F4N2O. The van der Waals surface area contributed by atoms with Crippen LogP contribution in [0.1, 0.15) is 32.6 Å². The zero-order valence-electron chi connectivity index (χ0n) is 12.9. The highest BCUT2D eigenvalue weighted by atomic mass is 19.3. The number of rotatable bonds is 3. The molecule has 7 heteroatoms. The van der Waals surface area contributed by atoms with Crippen molar-refractivity contribution in [3.05, 3.63) is 23.8 Å². The Labute approximate surface area is 132 Å². The van der Waals surface area contributed by atoms with Gasteiger partial charge in [0.05, 0.1) is 0 Å². The predicted octanol–water partition coefficient (Wildman–Crippen LogP) is 3.68. The van der Waals surface area contributed by atoms with Crippen LogP contribution in [-0.2, 0) is 0 Å². The minimum Gasteiger partial charge on any atom is -0.429 e. The van der Waals surface area contributed by atoms with Gasteiger partial charge in [-0.2, -0.15) is 8.78 Å². The number of ether oxygens (including phenoxy) is 1. The summed E-state index contributed by atoms with van der Waals surface area (Å²) in [7, 11) is 0. The van der Waals surface area contributed by atoms with Crippen molar-refractivity contribution in [2.45, 2.75) is 57.3 Å². The molecule has 1 aliphatic heterocycles. The lowest BCUT2D eigenvalue weighted by Crippen LogP contribution is -2.62. The van der Waals surface area contributed by atoms with Gasteiger partial charge in [0, 0.05) is 42.5 Å². The molecule has 1 aromatic rings. The van der Waals surface area contributed by atoms with E-state index < -0.39 is 24.0 Å². The van der Waals surface area contributed by atoms with Crippen molar-refractivity contribution in [3.63, 3.8) is 0 Å². The van der Waals surface area contributed by atoms with Crippen LogP contribution in [-0.4, -0.2) is 31.3 Å². The summed E-state index contributed by atoms with van der Waals surface area (Å²) in [5, 5.41) is 3.53. The maximum Gasteiger partial charge on any atom is 0.387 e. The molecule has 0 spiro atoms. The van der Waals surface area contributed by atoms with Gasteiger partial charge in [-0.25, -0.2) is 8.78 Å². The number of nitrogens with zero attached hydrogens (tertiary/aromatic N) is 1. The summed E-state index contributed by atoms with van der Waals surface area (Å²) in [5.41, 5.74) is 0.381. The zero-order chi connectivity index (χ0) is 16.6. The van der Waals surface area contributed by atoms with Crippen molar-refractivity contribution in [1.82, 2.24) is 5.32 Å². The Morgan fingerprint density at radius 1 is 1.17 bits per heavy atom. The van der Waals surface area contributed by atoms with E-state index in [1.807, 2.05) is 11.8 Å². The van der Waals surface area contributed by atoms with E-state index in [-0.39, 0.29) is 18.1 Å². The highest BCUT2D eigenvalue weighted by Crippen LogP contribution is 2.34. The quantitative estimate of drug-likeness (QED) is 0.855. The fraction of sp³-hybridized carbons (Fsp3) is 0.625. The molecule has 0 amide bonds. The van der Waals surface area contributed by atoms with Crippen LogP contribution in [0.3, 0.4) is 0 Å². The molecule has 1 aliphatic carbocycles. The van der Waals surface area contributed by atoms with Gasteiger partial charge < -0.3 is 15.0 Å². The maximum absolute atomic E-state index is 14.0. The molecule has 0 radical (unpaired) electrons. The van der Waals surface area contributed by atoms with Crippen LogP contribution in [0.4, 0.5) is 23.2 Å². The van der Waals surface area contributed by atoms with Gasteiger partial charge in [0.1, 0.15) is 0 Å². The largest absolute Gasteiger partial charge is 0.429 e. The third kappa shape index (κ3) is 3.39. The SMILES string of the molecule is C[C@@H]1CN(c2cc(F)c(OC(F)F)c(F)c2)[C@H]2CCCC[C@@H]2N1. The molecule has 23 heavy (non-hydrogen) atoms. The van der Waals surface area contributed by atoms with E-state index in [0.29, 0.717) is 12.2 Å². The molecule has 1 aromatic carbocycles. The van der Waals surface area contributed by atoms with Gasteiger partial charge in [-0.3, -0.25) is 0 Å². The Balaban J connectivity index is 1.90. The van der Waals surface area contributed by atoms with E-state index in [4.69, 9.17) is 0 Å². The molecule has 1 saturated carbocycles. The summed E-state index contributed by atoms with van der Waals surface area (Å²) in [6, 6.07) is 2.82. The minimum absolute atomic E-state index is 0.167. The summed E-state index contributed by atoms with van der Waals surface area (Å²) in [6.07, 6.45) is 4.19. The first-order valence-corrected chi connectivity index (χ1v) is 7.92. The van der Waals surface area contributed by atoms with Gasteiger partial charge in [-0.1, -0.05) is 12.8 Å². The van der Waals surface area contributed by atoms with Crippen LogP contribution in [0.15, 0.2) is 12.1 Å². The molecular weight excluding hydrogens is 312 g/mol. The fourth-order valence-electron chi connectivity index (χ4n) is 3.74. The second-order valence-corrected chi connectivity index (χ2v) is 6.30. The lowest BCUT2D eigenvalue weighted by atomic mass is 9.86. The molecule has 3 rings (SSSR count). The standard InChI is InChI=1S/C16H20F4N2O/c1-9-8-22(14-5-3-2-4-13(14)21-9)10-6-11(17)15(12(18)7-10)23-16(19)20/h6-7,9,13-14,16,21H,2-5,8H2,1H3/t9-,13+,14+/m1/s1. The monoisotopic (exact) mass is 332 g/mol. The van der Waals surface area contributed by atoms with Crippen LogP contribution < -0.4 is 15.0 Å². The third-order valence-corrected chi connectivity index (χ3v) is 4.62. The molecule has 1 saturated heterocycles. The van der Waals surface area contributed by atoms with Gasteiger partial charge >= 0.3 is 6.61 Å². The molecule has 2 fully saturated rings. The molecule has 0 unspecified atom stereocenters. The van der Waals surface area contributed by atoms with E-state index in [0.717, 1.165) is 37.8 Å². The normalized spacial score (nSPS) is 27.9. The summed E-state index contributed by atoms with van der Waals surface area (Å²) in [4.78, 5) is 1.99. The van der Waals surface area contributed by atoms with Crippen LogP contribution in [0.25, 0.3) is 0 Å². The van der Waals surface area contributed by atoms with Crippen LogP contribution in [0, 0.1) is 11.6 Å². The van der Waals surface area contributed by atoms with Crippen molar-refractivity contribution >= 4 is 5.69 Å². The topological polar surface area (TPSA) is 24.5 Å². The summed E-state index contributed by atoms with van der Waals surface area (Å²) < 4.78 is 56.4. The number of fused-ring (bicyclic) bond motifs is 1. The minimum atomic E-state index is -3.26. The van der Waals surface area contributed by atoms with Gasteiger partial charge in [0.2, 0.25) is 0 Å². The summed E-state index contributed by atoms with van der Waals surface area (Å²) >= 11 is 0. The van der Waals surface area contributed by atoms with Crippen molar-refractivity contribution in [3.8, 4) is 5.75 Å². The number of nitrogens with one attached hydrogen (secondary N) is 1. The molecule has 128 valence electrons. The smallest absolute Gasteiger partial charge is 0.387 e. The van der Waals surface area contributed by atoms with Gasteiger partial charge in [0.25, 0.3) is 0 Å². The Morgan fingerprint density at radius 3 is 2.48 bits per heavy atom. The predicted molar refractivity (Wildman–Crippen MR) is 79.0 cm³/mol. The van der Waals surface area contributed by atoms with E-state index in [1.54, 1.807) is 0 Å². The number of benzene rings is 1. The van der Waals surface area contributed by atoms with Crippen molar-refractivity contribution in [2.24, 2.45) is 0 Å². The summed E-state index contributed by atoms with van der Waals surface area (Å²) in [5.74, 6) is -3.22. The number of piperazine rings is 1. The summed E-state index contributed by atoms with van der Waals surface area (Å²) in [6.45, 7) is -0.611. The van der Waals surface area contributed by atoms with Crippen molar-refractivity contribution in [1.29, 1.82) is 0 Å². The third-order valence-electron chi connectivity index (χ3n) is 4.62. The maximum atomic E-state index is 14.0. The van der Waals surface area contributed by atoms with E-state index in [2.05, 4.69) is 10.1 Å². The van der Waals surface area contributed by atoms with Gasteiger partial charge in [-0.05, 0) is 19.8 Å². The number of halogens is 4. The lowest BCUT2D eigenvalue weighted by molar-refractivity contribution is -0.0546. The van der Waals surface area contributed by atoms with E-state index in [1.165, 1.54) is 0 Å². The Kier molecular flexibility index (Phi) is 4.66. The molecule has 0 aromatic heterocycles. The number of hydrogen-bond donors (Lipinski definition) is 1. The average molecular weight is 332 g/mol. The first-order chi connectivity index (χ1) is 11.0. The van der Waals surface area contributed by atoms with Gasteiger partial charge in [0.15, 0.2) is 17.4 Å². The fourth-order valence-corrected chi connectivity index (χ4v) is 3.74. The Bertz CT molecular complexity index is 546. The zero-order valence-corrected chi connectivity index (χ0v) is 12.9. The molecule has 2 aliphatic rings. The molecule has 0 bridgehead atoms. The first-order valence-electron chi connectivity index (χ1n) is 7.92. The molecule has 3 nitrogen and oxygen atoms in total. The molecule has 1 N–H and O–H groups in total. The molecule has 3 atom stereocenters. The first kappa shape index (κ1) is 16.4. The lowest BCUT2D eigenvalue weighted by Gasteiger charge is -2.48. The van der Waals surface area contributed by atoms with E-state index >= 15 is 0 Å². The van der Waals surface area contributed by atoms with Gasteiger partial charge in [-0.15, -0.1) is 0 Å². The Morgan fingerprint density at radius 2 is 1.83 bits per heavy atom. The number of hydrogen-bond acceptors (Lipinski definition) is 3. The van der Waals surface area contributed by atoms with Crippen LogP contribution >= 0.6 is 0 Å². The number of anilines is 1. The molecule has 1 heterocycles. The van der Waals surface area contributed by atoms with Crippen molar-refractivity contribution < 1.29 is 22.3 Å². The van der Waals surface area contributed by atoms with E-state index in [9.17, 15) is 17.6 Å². The Hall–Kier alpha value is -1.50. The van der Waals surface area contributed by atoms with Crippen LogP contribution in [0.2, 0.25) is 0 Å².